The summed E-state index contributed by atoms with van der Waals surface area (Å²) in [6.45, 7) is 0. The number of pyridine rings is 1. The molecule has 0 atom stereocenters. The first-order valence-corrected chi connectivity index (χ1v) is 5.21. The minimum Gasteiger partial charge on any atom is -0.394 e. The molecular formula is C11H9BrN2O. The third kappa shape index (κ3) is 1.80. The molecule has 0 aliphatic rings. The molecule has 3 nitrogen and oxygen atoms in total. The molecule has 0 fully saturated rings. The fourth-order valence-corrected chi connectivity index (χ4v) is 1.82. The van der Waals surface area contributed by atoms with Crippen LogP contribution in [-0.2, 0) is 0 Å². The van der Waals surface area contributed by atoms with Crippen LogP contribution in [0.3, 0.4) is 0 Å². The molecule has 0 spiro atoms. The van der Waals surface area contributed by atoms with E-state index in [1.807, 2.05) is 24.3 Å². The summed E-state index contributed by atoms with van der Waals surface area (Å²) in [6.07, 6.45) is 1.69. The molecule has 1 aromatic heterocycles. The van der Waals surface area contributed by atoms with Crippen LogP contribution in [0.15, 0.2) is 51.9 Å². The van der Waals surface area contributed by atoms with Crippen molar-refractivity contribution in [1.82, 2.24) is 4.57 Å². The Labute approximate surface area is 95.3 Å². The molecule has 0 amide bonds. The first kappa shape index (κ1) is 9.98. The Kier molecular flexibility index (Phi) is 2.60. The van der Waals surface area contributed by atoms with Crippen molar-refractivity contribution in [1.29, 1.82) is 0 Å². The maximum absolute atomic E-state index is 11.7. The molecular weight excluding hydrogens is 256 g/mol. The Bertz CT molecular complexity index is 548. The second-order valence-electron chi connectivity index (χ2n) is 3.09. The summed E-state index contributed by atoms with van der Waals surface area (Å²) >= 11 is 3.39. The van der Waals surface area contributed by atoms with E-state index in [0.717, 1.165) is 10.2 Å². The van der Waals surface area contributed by atoms with E-state index in [1.54, 1.807) is 18.3 Å². The number of nitrogens with two attached hydrogens (primary N) is 1. The van der Waals surface area contributed by atoms with Crippen LogP contribution in [0.2, 0.25) is 0 Å². The quantitative estimate of drug-likeness (QED) is 0.859. The fraction of sp³-hybridized carbons (Fsp3) is 0. The highest BCUT2D eigenvalue weighted by Crippen LogP contribution is 2.18. The molecule has 0 radical (unpaired) electrons. The highest BCUT2D eigenvalue weighted by atomic mass is 79.9. The van der Waals surface area contributed by atoms with E-state index in [2.05, 4.69) is 15.9 Å². The van der Waals surface area contributed by atoms with Gasteiger partial charge in [-0.2, -0.15) is 0 Å². The minimum absolute atomic E-state index is 0.204. The van der Waals surface area contributed by atoms with Crippen molar-refractivity contribution in [3.63, 3.8) is 0 Å². The van der Waals surface area contributed by atoms with Crippen LogP contribution in [0.5, 0.6) is 0 Å². The van der Waals surface area contributed by atoms with Crippen LogP contribution in [0.1, 0.15) is 0 Å². The van der Waals surface area contributed by atoms with Crippen molar-refractivity contribution in [3.8, 4) is 5.69 Å². The monoisotopic (exact) mass is 264 g/mol. The first-order valence-electron chi connectivity index (χ1n) is 4.42. The SMILES string of the molecule is Nc1cccn(-c2ccccc2Br)c1=O. The van der Waals surface area contributed by atoms with Crippen LogP contribution in [0.4, 0.5) is 5.69 Å². The van der Waals surface area contributed by atoms with Gasteiger partial charge >= 0.3 is 0 Å². The average molecular weight is 265 g/mol. The maximum Gasteiger partial charge on any atom is 0.278 e. The van der Waals surface area contributed by atoms with Gasteiger partial charge in [0.2, 0.25) is 0 Å². The lowest BCUT2D eigenvalue weighted by molar-refractivity contribution is 0.989. The minimum atomic E-state index is -0.204. The van der Waals surface area contributed by atoms with E-state index >= 15 is 0 Å². The summed E-state index contributed by atoms with van der Waals surface area (Å²) in [4.78, 5) is 11.7. The van der Waals surface area contributed by atoms with Gasteiger partial charge in [0.15, 0.2) is 0 Å². The van der Waals surface area contributed by atoms with Crippen LogP contribution < -0.4 is 11.3 Å². The molecule has 15 heavy (non-hydrogen) atoms. The van der Waals surface area contributed by atoms with Crippen LogP contribution in [0, 0.1) is 0 Å². The zero-order valence-corrected chi connectivity index (χ0v) is 9.44. The van der Waals surface area contributed by atoms with Crippen molar-refractivity contribution in [2.45, 2.75) is 0 Å². The van der Waals surface area contributed by atoms with Crippen molar-refractivity contribution in [2.75, 3.05) is 5.73 Å². The molecule has 76 valence electrons. The third-order valence-corrected chi connectivity index (χ3v) is 2.76. The number of aromatic nitrogens is 1. The molecule has 2 rings (SSSR count). The summed E-state index contributed by atoms with van der Waals surface area (Å²) in [6, 6.07) is 10.8. The summed E-state index contributed by atoms with van der Waals surface area (Å²) < 4.78 is 2.37. The number of hydrogen-bond donors (Lipinski definition) is 1. The summed E-state index contributed by atoms with van der Waals surface area (Å²) in [5.41, 5.74) is 6.39. The van der Waals surface area contributed by atoms with Crippen molar-refractivity contribution in [3.05, 3.63) is 57.4 Å². The van der Waals surface area contributed by atoms with E-state index in [-0.39, 0.29) is 11.2 Å². The number of para-hydroxylation sites is 1. The number of nitrogen functional groups attached to an aromatic ring is 1. The van der Waals surface area contributed by atoms with Gasteiger partial charge in [-0.25, -0.2) is 0 Å². The second-order valence-corrected chi connectivity index (χ2v) is 3.94. The summed E-state index contributed by atoms with van der Waals surface area (Å²) in [5.74, 6) is 0. The van der Waals surface area contributed by atoms with E-state index in [1.165, 1.54) is 4.57 Å². The number of benzene rings is 1. The Morgan fingerprint density at radius 3 is 2.60 bits per heavy atom. The van der Waals surface area contributed by atoms with Gasteiger partial charge in [0, 0.05) is 10.7 Å². The van der Waals surface area contributed by atoms with Gasteiger partial charge in [-0.1, -0.05) is 12.1 Å². The number of halogens is 1. The van der Waals surface area contributed by atoms with E-state index in [0.29, 0.717) is 0 Å². The molecule has 0 bridgehead atoms. The molecule has 1 aromatic carbocycles. The van der Waals surface area contributed by atoms with Gasteiger partial charge in [-0.05, 0) is 40.2 Å². The Balaban J connectivity index is 2.70. The highest BCUT2D eigenvalue weighted by molar-refractivity contribution is 9.10. The molecule has 2 aromatic rings. The Morgan fingerprint density at radius 2 is 1.87 bits per heavy atom. The number of anilines is 1. The average Bonchev–Trinajstić information content (AvgIpc) is 2.23. The van der Waals surface area contributed by atoms with Crippen molar-refractivity contribution < 1.29 is 0 Å². The Hall–Kier alpha value is -1.55. The lowest BCUT2D eigenvalue weighted by Gasteiger charge is -2.07. The molecule has 4 heteroatoms. The van der Waals surface area contributed by atoms with Crippen molar-refractivity contribution in [2.24, 2.45) is 0 Å². The van der Waals surface area contributed by atoms with Gasteiger partial charge < -0.3 is 5.73 Å². The van der Waals surface area contributed by atoms with Crippen LogP contribution in [0.25, 0.3) is 5.69 Å². The molecule has 1 heterocycles. The molecule has 0 saturated carbocycles. The molecule has 0 saturated heterocycles. The fourth-order valence-electron chi connectivity index (χ4n) is 1.35. The van der Waals surface area contributed by atoms with E-state index in [9.17, 15) is 4.79 Å². The van der Waals surface area contributed by atoms with Gasteiger partial charge in [-0.3, -0.25) is 9.36 Å². The second kappa shape index (κ2) is 3.90. The standard InChI is InChI=1S/C11H9BrN2O/c12-8-4-1-2-6-10(8)14-7-3-5-9(13)11(14)15/h1-7H,13H2. The number of rotatable bonds is 1. The predicted octanol–water partition coefficient (Wildman–Crippen LogP) is 2.18. The smallest absolute Gasteiger partial charge is 0.278 e. The van der Waals surface area contributed by atoms with E-state index in [4.69, 9.17) is 5.73 Å². The molecule has 2 N–H and O–H groups in total. The number of hydrogen-bond acceptors (Lipinski definition) is 2. The van der Waals surface area contributed by atoms with Crippen LogP contribution in [-0.4, -0.2) is 4.57 Å². The van der Waals surface area contributed by atoms with E-state index < -0.39 is 0 Å². The van der Waals surface area contributed by atoms with Gasteiger partial charge in [-0.15, -0.1) is 0 Å². The van der Waals surface area contributed by atoms with Crippen molar-refractivity contribution >= 4 is 21.6 Å². The molecule has 0 aliphatic carbocycles. The zero-order chi connectivity index (χ0) is 10.8. The van der Waals surface area contributed by atoms with Gasteiger partial charge in [0.25, 0.3) is 5.56 Å². The van der Waals surface area contributed by atoms with Gasteiger partial charge in [0.05, 0.1) is 11.4 Å². The highest BCUT2D eigenvalue weighted by Gasteiger charge is 2.04. The maximum atomic E-state index is 11.7. The Morgan fingerprint density at radius 1 is 1.13 bits per heavy atom. The third-order valence-electron chi connectivity index (χ3n) is 2.09. The van der Waals surface area contributed by atoms with Gasteiger partial charge in [0.1, 0.15) is 0 Å². The predicted molar refractivity (Wildman–Crippen MR) is 64.2 cm³/mol. The molecule has 0 unspecified atom stereocenters. The number of nitrogens with zero attached hydrogens (tertiary/aromatic N) is 1. The summed E-state index contributed by atoms with van der Waals surface area (Å²) in [5, 5.41) is 0. The van der Waals surface area contributed by atoms with Crippen LogP contribution >= 0.6 is 15.9 Å². The zero-order valence-electron chi connectivity index (χ0n) is 7.85. The largest absolute Gasteiger partial charge is 0.394 e. The normalized spacial score (nSPS) is 10.2. The topological polar surface area (TPSA) is 48.0 Å². The lowest BCUT2D eigenvalue weighted by atomic mass is 10.3. The summed E-state index contributed by atoms with van der Waals surface area (Å²) in [7, 11) is 0. The first-order chi connectivity index (χ1) is 7.20. The molecule has 0 aliphatic heterocycles. The lowest BCUT2D eigenvalue weighted by Crippen LogP contribution is -2.20.